The van der Waals surface area contributed by atoms with Gasteiger partial charge in [0.25, 0.3) is 0 Å². The Kier molecular flexibility index (Phi) is 4.81. The summed E-state index contributed by atoms with van der Waals surface area (Å²) in [4.78, 5) is 10.6. The van der Waals surface area contributed by atoms with E-state index in [4.69, 9.17) is 21.7 Å². The number of rotatable bonds is 3. The first-order chi connectivity index (χ1) is 5.43. The van der Waals surface area contributed by atoms with Crippen molar-refractivity contribution in [2.24, 2.45) is 5.92 Å². The molecule has 3 nitrogen and oxygen atoms in total. The van der Waals surface area contributed by atoms with Crippen molar-refractivity contribution in [3.05, 3.63) is 0 Å². The molecule has 70 valence electrons. The van der Waals surface area contributed by atoms with Gasteiger partial charge in [0.05, 0.1) is 0 Å². The van der Waals surface area contributed by atoms with E-state index in [1.54, 1.807) is 6.92 Å². The van der Waals surface area contributed by atoms with Crippen LogP contribution in [-0.4, -0.2) is 17.3 Å². The zero-order valence-corrected chi connectivity index (χ0v) is 8.60. The Morgan fingerprint density at radius 1 is 1.25 bits per heavy atom. The van der Waals surface area contributed by atoms with Crippen LogP contribution in [0, 0.1) is 5.92 Å². The number of hydrogen-bond acceptors (Lipinski definition) is 4. The molecule has 0 saturated heterocycles. The highest BCUT2D eigenvalue weighted by Gasteiger charge is 2.17. The minimum atomic E-state index is -0.556. The zero-order chi connectivity index (χ0) is 9.72. The van der Waals surface area contributed by atoms with Gasteiger partial charge in [0.2, 0.25) is 6.29 Å². The molecule has 12 heavy (non-hydrogen) atoms. The maximum Gasteiger partial charge on any atom is 0.305 e. The summed E-state index contributed by atoms with van der Waals surface area (Å²) in [6.07, 6.45) is -0.556. The van der Waals surface area contributed by atoms with Crippen molar-refractivity contribution in [2.45, 2.75) is 34.0 Å². The fourth-order valence-electron chi connectivity index (χ4n) is 0.623. The third-order valence-corrected chi connectivity index (χ3v) is 1.20. The summed E-state index contributed by atoms with van der Waals surface area (Å²) in [5, 5.41) is 0.384. The number of esters is 1. The van der Waals surface area contributed by atoms with Crippen molar-refractivity contribution >= 4 is 23.2 Å². The fourth-order valence-corrected chi connectivity index (χ4v) is 0.718. The van der Waals surface area contributed by atoms with Crippen LogP contribution in [-0.2, 0) is 14.3 Å². The van der Waals surface area contributed by atoms with Crippen molar-refractivity contribution in [3.63, 3.8) is 0 Å². The van der Waals surface area contributed by atoms with E-state index in [0.717, 1.165) is 0 Å². The summed E-state index contributed by atoms with van der Waals surface area (Å²) in [7, 11) is 0. The van der Waals surface area contributed by atoms with E-state index >= 15 is 0 Å². The molecule has 0 aromatic heterocycles. The topological polar surface area (TPSA) is 35.5 Å². The molecule has 0 aliphatic carbocycles. The first kappa shape index (κ1) is 11.4. The van der Waals surface area contributed by atoms with Crippen LogP contribution >= 0.6 is 12.2 Å². The molecule has 4 heteroatoms. The summed E-state index contributed by atoms with van der Waals surface area (Å²) in [6, 6.07) is 0. The van der Waals surface area contributed by atoms with Gasteiger partial charge in [-0.05, 0) is 12.2 Å². The average molecular weight is 190 g/mol. The molecule has 0 bridgehead atoms. The summed E-state index contributed by atoms with van der Waals surface area (Å²) < 4.78 is 9.98. The summed E-state index contributed by atoms with van der Waals surface area (Å²) in [5.74, 6) is -0.253. The van der Waals surface area contributed by atoms with E-state index in [0.29, 0.717) is 5.05 Å². The largest absolute Gasteiger partial charge is 0.448 e. The van der Waals surface area contributed by atoms with Crippen molar-refractivity contribution < 1.29 is 14.3 Å². The summed E-state index contributed by atoms with van der Waals surface area (Å²) >= 11 is 4.73. The number of ether oxygens (including phenoxy) is 2. The monoisotopic (exact) mass is 190 g/mol. The maximum atomic E-state index is 10.6. The predicted octanol–water partition coefficient (Wildman–Crippen LogP) is 1.90. The number of carbonyl (C=O) groups is 1. The molecule has 0 rings (SSSR count). The first-order valence-electron chi connectivity index (χ1n) is 3.78. The van der Waals surface area contributed by atoms with E-state index in [1.807, 2.05) is 13.8 Å². The standard InChI is InChI=1S/C8H14O3S/c1-5(2)8(10-6(3)9)11-7(4)12/h5,8H,1-4H3/t8-/m0/s1. The lowest BCUT2D eigenvalue weighted by Gasteiger charge is -2.20. The molecule has 0 aromatic rings. The van der Waals surface area contributed by atoms with Gasteiger partial charge in [0.1, 0.15) is 0 Å². The lowest BCUT2D eigenvalue weighted by molar-refractivity contribution is -0.168. The van der Waals surface area contributed by atoms with Crippen LogP contribution in [0.25, 0.3) is 0 Å². The molecule has 0 amide bonds. The van der Waals surface area contributed by atoms with Crippen molar-refractivity contribution in [2.75, 3.05) is 0 Å². The van der Waals surface area contributed by atoms with Crippen molar-refractivity contribution in [1.29, 1.82) is 0 Å². The van der Waals surface area contributed by atoms with E-state index in [-0.39, 0.29) is 11.9 Å². The molecular formula is C8H14O3S. The third-order valence-electron chi connectivity index (χ3n) is 1.11. The fraction of sp³-hybridized carbons (Fsp3) is 0.750. The molecule has 0 spiro atoms. The summed E-state index contributed by atoms with van der Waals surface area (Å²) in [5.41, 5.74) is 0. The first-order valence-corrected chi connectivity index (χ1v) is 4.18. The van der Waals surface area contributed by atoms with Crippen LogP contribution in [0.5, 0.6) is 0 Å². The molecule has 0 radical (unpaired) electrons. The van der Waals surface area contributed by atoms with Gasteiger partial charge >= 0.3 is 5.97 Å². The Hall–Kier alpha value is -0.640. The number of thiocarbonyl (C=S) groups is 1. The number of hydrogen-bond donors (Lipinski definition) is 0. The second-order valence-electron chi connectivity index (χ2n) is 2.83. The molecule has 0 N–H and O–H groups in total. The highest BCUT2D eigenvalue weighted by molar-refractivity contribution is 7.80. The highest BCUT2D eigenvalue weighted by atomic mass is 32.1. The van der Waals surface area contributed by atoms with Gasteiger partial charge in [-0.15, -0.1) is 0 Å². The zero-order valence-electron chi connectivity index (χ0n) is 7.79. The van der Waals surface area contributed by atoms with Crippen LogP contribution in [0.2, 0.25) is 0 Å². The van der Waals surface area contributed by atoms with Gasteiger partial charge in [-0.1, -0.05) is 13.8 Å². The SMILES string of the molecule is CC(=O)O[C@@H](OC(C)=S)C(C)C. The lowest BCUT2D eigenvalue weighted by atomic mass is 10.2. The molecule has 0 aliphatic heterocycles. The second kappa shape index (κ2) is 5.09. The van der Waals surface area contributed by atoms with Crippen molar-refractivity contribution in [3.8, 4) is 0 Å². The van der Waals surface area contributed by atoms with Crippen LogP contribution in [0.3, 0.4) is 0 Å². The smallest absolute Gasteiger partial charge is 0.305 e. The molecule has 0 aromatic carbocycles. The molecule has 0 heterocycles. The molecule has 0 saturated carbocycles. The number of carbonyl (C=O) groups excluding carboxylic acids is 1. The van der Waals surface area contributed by atoms with E-state index in [1.165, 1.54) is 6.92 Å². The Bertz CT molecular complexity index is 161. The minimum Gasteiger partial charge on any atom is -0.448 e. The quantitative estimate of drug-likeness (QED) is 0.387. The Morgan fingerprint density at radius 2 is 1.75 bits per heavy atom. The maximum absolute atomic E-state index is 10.6. The normalized spacial score (nSPS) is 12.4. The predicted molar refractivity (Wildman–Crippen MR) is 49.7 cm³/mol. The molecule has 0 fully saturated rings. The second-order valence-corrected chi connectivity index (χ2v) is 3.41. The third kappa shape index (κ3) is 5.07. The minimum absolute atomic E-state index is 0.104. The van der Waals surface area contributed by atoms with Gasteiger partial charge in [-0.2, -0.15) is 0 Å². The van der Waals surface area contributed by atoms with Crippen LogP contribution in [0.4, 0.5) is 0 Å². The van der Waals surface area contributed by atoms with Crippen LogP contribution < -0.4 is 0 Å². The highest BCUT2D eigenvalue weighted by Crippen LogP contribution is 2.09. The Balaban J connectivity index is 4.04. The van der Waals surface area contributed by atoms with Crippen LogP contribution in [0.1, 0.15) is 27.7 Å². The van der Waals surface area contributed by atoms with E-state index in [9.17, 15) is 4.79 Å². The lowest BCUT2D eigenvalue weighted by Crippen LogP contribution is -2.26. The van der Waals surface area contributed by atoms with Crippen molar-refractivity contribution in [1.82, 2.24) is 0 Å². The van der Waals surface area contributed by atoms with Gasteiger partial charge in [-0.3, -0.25) is 4.79 Å². The molecule has 0 aliphatic rings. The van der Waals surface area contributed by atoms with E-state index < -0.39 is 6.29 Å². The Morgan fingerprint density at radius 3 is 2.00 bits per heavy atom. The average Bonchev–Trinajstić information content (AvgIpc) is 1.83. The van der Waals surface area contributed by atoms with E-state index in [2.05, 4.69) is 0 Å². The molecular weight excluding hydrogens is 176 g/mol. The summed E-state index contributed by atoms with van der Waals surface area (Å²) in [6.45, 7) is 6.78. The molecule has 0 unspecified atom stereocenters. The molecule has 1 atom stereocenters. The Labute approximate surface area is 78.0 Å². The van der Waals surface area contributed by atoms with Gasteiger partial charge in [0, 0.05) is 19.8 Å². The van der Waals surface area contributed by atoms with Gasteiger partial charge in [-0.25, -0.2) is 0 Å². The van der Waals surface area contributed by atoms with Gasteiger partial charge < -0.3 is 9.47 Å². The van der Waals surface area contributed by atoms with Gasteiger partial charge in [0.15, 0.2) is 5.05 Å². The van der Waals surface area contributed by atoms with Crippen LogP contribution in [0.15, 0.2) is 0 Å².